The van der Waals surface area contributed by atoms with Crippen molar-refractivity contribution >= 4 is 27.6 Å². The fraction of sp³-hybridized carbons (Fsp3) is 0.417. The molecule has 2 N–H and O–H groups in total. The normalized spacial score (nSPS) is 16.9. The number of nitrogens with one attached hydrogen (secondary N) is 1. The number of benzene rings is 1. The molecule has 0 bridgehead atoms. The molecule has 6 nitrogen and oxygen atoms in total. The van der Waals surface area contributed by atoms with E-state index in [4.69, 9.17) is 21.4 Å². The lowest BCUT2D eigenvalue weighted by molar-refractivity contribution is 0.0696. The summed E-state index contributed by atoms with van der Waals surface area (Å²) in [4.78, 5) is 10.5. The lowest BCUT2D eigenvalue weighted by atomic mass is 10.1. The zero-order chi connectivity index (χ0) is 15.6. The van der Waals surface area contributed by atoms with E-state index < -0.39 is 37.3 Å². The molecule has 2 rings (SSSR count). The largest absolute Gasteiger partial charge is 0.478 e. The van der Waals surface area contributed by atoms with Gasteiger partial charge in [0.15, 0.2) is 0 Å². The molecule has 0 atom stereocenters. The van der Waals surface area contributed by atoms with Crippen LogP contribution in [0.15, 0.2) is 17.0 Å². The molecule has 0 aromatic heterocycles. The summed E-state index contributed by atoms with van der Waals surface area (Å²) < 4.78 is 45.5. The summed E-state index contributed by atoms with van der Waals surface area (Å²) >= 11 is 5.51. The molecule has 9 heteroatoms. The summed E-state index contributed by atoms with van der Waals surface area (Å²) in [6.07, 6.45) is 1.00. The zero-order valence-electron chi connectivity index (χ0n) is 10.8. The molecule has 1 heterocycles. The van der Waals surface area contributed by atoms with Crippen LogP contribution in [0.2, 0.25) is 5.02 Å². The molecule has 0 aliphatic carbocycles. The van der Waals surface area contributed by atoms with Gasteiger partial charge in [0.2, 0.25) is 10.0 Å². The number of carboxylic acid groups (broad SMARTS) is 1. The summed E-state index contributed by atoms with van der Waals surface area (Å²) in [5.41, 5.74) is -0.594. The molecule has 21 heavy (non-hydrogen) atoms. The number of sulfonamides is 1. The molecule has 1 aliphatic heterocycles. The van der Waals surface area contributed by atoms with Gasteiger partial charge in [0, 0.05) is 19.3 Å². The smallest absolute Gasteiger partial charge is 0.337 e. The number of rotatable bonds is 4. The summed E-state index contributed by atoms with van der Waals surface area (Å²) in [6, 6.07) is 1.22. The molecule has 1 aromatic carbocycles. The molecular weight excluding hydrogens is 325 g/mol. The van der Waals surface area contributed by atoms with Crippen molar-refractivity contribution < 1.29 is 27.4 Å². The van der Waals surface area contributed by atoms with E-state index >= 15 is 0 Å². The van der Waals surface area contributed by atoms with Gasteiger partial charge in [-0.1, -0.05) is 11.6 Å². The summed E-state index contributed by atoms with van der Waals surface area (Å²) in [7, 11) is -4.02. The van der Waals surface area contributed by atoms with Crippen molar-refractivity contribution in [3.63, 3.8) is 0 Å². The Labute approximate surface area is 125 Å². The number of halogens is 2. The first kappa shape index (κ1) is 16.2. The number of hydrogen-bond acceptors (Lipinski definition) is 4. The maximum Gasteiger partial charge on any atom is 0.337 e. The predicted molar refractivity (Wildman–Crippen MR) is 72.5 cm³/mol. The molecule has 1 fully saturated rings. The van der Waals surface area contributed by atoms with Gasteiger partial charge in [-0.3, -0.25) is 0 Å². The Balaban J connectivity index is 2.33. The molecule has 0 unspecified atom stereocenters. The highest BCUT2D eigenvalue weighted by Crippen LogP contribution is 2.25. The van der Waals surface area contributed by atoms with Crippen LogP contribution >= 0.6 is 11.6 Å². The van der Waals surface area contributed by atoms with Crippen molar-refractivity contribution in [1.29, 1.82) is 0 Å². The van der Waals surface area contributed by atoms with E-state index in [0.29, 0.717) is 32.1 Å². The monoisotopic (exact) mass is 337 g/mol. The van der Waals surface area contributed by atoms with E-state index in [2.05, 4.69) is 4.72 Å². The fourth-order valence-corrected chi connectivity index (χ4v) is 3.51. The quantitative estimate of drug-likeness (QED) is 0.871. The lowest BCUT2D eigenvalue weighted by Crippen LogP contribution is -2.38. The van der Waals surface area contributed by atoms with E-state index in [1.54, 1.807) is 0 Å². The second-order valence-corrected chi connectivity index (χ2v) is 6.67. The van der Waals surface area contributed by atoms with Gasteiger partial charge in [-0.15, -0.1) is 0 Å². The van der Waals surface area contributed by atoms with Crippen molar-refractivity contribution in [2.75, 3.05) is 13.2 Å². The van der Waals surface area contributed by atoms with Crippen LogP contribution in [0.25, 0.3) is 0 Å². The Morgan fingerprint density at radius 3 is 2.57 bits per heavy atom. The lowest BCUT2D eigenvalue weighted by Gasteiger charge is -2.23. The number of hydrogen-bond donors (Lipinski definition) is 2. The van der Waals surface area contributed by atoms with Gasteiger partial charge in [0.25, 0.3) is 0 Å². The summed E-state index contributed by atoms with van der Waals surface area (Å²) in [6.45, 7) is 0.866. The number of carbonyl (C=O) groups is 1. The van der Waals surface area contributed by atoms with Gasteiger partial charge in [-0.25, -0.2) is 22.3 Å². The topological polar surface area (TPSA) is 92.7 Å². The molecule has 116 valence electrons. The second-order valence-electron chi connectivity index (χ2n) is 4.58. The number of aromatic carboxylic acids is 1. The van der Waals surface area contributed by atoms with Crippen LogP contribution in [0.4, 0.5) is 4.39 Å². The standard InChI is InChI=1S/C12H13ClFNO5S/c13-11-9(12(16)17)5-8(6-10(11)14)21(18,19)15-7-1-3-20-4-2-7/h5-7,15H,1-4H2,(H,16,17). The van der Waals surface area contributed by atoms with Gasteiger partial charge in [0.1, 0.15) is 5.82 Å². The summed E-state index contributed by atoms with van der Waals surface area (Å²) in [5, 5.41) is 8.30. The van der Waals surface area contributed by atoms with E-state index in [1.807, 2.05) is 0 Å². The van der Waals surface area contributed by atoms with E-state index in [-0.39, 0.29) is 6.04 Å². The van der Waals surface area contributed by atoms with Gasteiger partial charge in [-0.05, 0) is 25.0 Å². The third kappa shape index (κ3) is 3.70. The summed E-state index contributed by atoms with van der Waals surface area (Å²) in [5.74, 6) is -2.59. The van der Waals surface area contributed by atoms with Crippen LogP contribution in [0.3, 0.4) is 0 Å². The van der Waals surface area contributed by atoms with Crippen LogP contribution in [-0.4, -0.2) is 38.7 Å². The second kappa shape index (κ2) is 6.27. The third-order valence-corrected chi connectivity index (χ3v) is 4.97. The molecule has 1 aromatic rings. The number of carboxylic acids is 1. The van der Waals surface area contributed by atoms with Gasteiger partial charge in [-0.2, -0.15) is 0 Å². The molecular formula is C12H13ClFNO5S. The van der Waals surface area contributed by atoms with E-state index in [9.17, 15) is 17.6 Å². The fourth-order valence-electron chi connectivity index (χ4n) is 1.98. The Hall–Kier alpha value is -1.22. The average molecular weight is 338 g/mol. The van der Waals surface area contributed by atoms with Crippen molar-refractivity contribution in [3.8, 4) is 0 Å². The highest BCUT2D eigenvalue weighted by atomic mass is 35.5. The van der Waals surface area contributed by atoms with Crippen molar-refractivity contribution in [2.24, 2.45) is 0 Å². The Bertz CT molecular complexity index is 658. The van der Waals surface area contributed by atoms with Gasteiger partial charge >= 0.3 is 5.97 Å². The van der Waals surface area contributed by atoms with Crippen LogP contribution in [0, 0.1) is 5.82 Å². The highest BCUT2D eigenvalue weighted by Gasteiger charge is 2.25. The maximum atomic E-state index is 13.6. The van der Waals surface area contributed by atoms with Crippen LogP contribution in [-0.2, 0) is 14.8 Å². The Kier molecular flexibility index (Phi) is 4.82. The van der Waals surface area contributed by atoms with Gasteiger partial charge < -0.3 is 9.84 Å². The Morgan fingerprint density at radius 1 is 1.38 bits per heavy atom. The first-order valence-corrected chi connectivity index (χ1v) is 8.00. The van der Waals surface area contributed by atoms with Crippen molar-refractivity contribution in [1.82, 2.24) is 4.72 Å². The molecule has 1 aliphatic rings. The van der Waals surface area contributed by atoms with Crippen LogP contribution in [0.5, 0.6) is 0 Å². The molecule has 1 saturated heterocycles. The number of ether oxygens (including phenoxy) is 1. The highest BCUT2D eigenvalue weighted by molar-refractivity contribution is 7.89. The van der Waals surface area contributed by atoms with Gasteiger partial charge in [0.05, 0.1) is 15.5 Å². The van der Waals surface area contributed by atoms with Crippen molar-refractivity contribution in [3.05, 3.63) is 28.5 Å². The minimum atomic E-state index is -4.02. The Morgan fingerprint density at radius 2 is 2.00 bits per heavy atom. The SMILES string of the molecule is O=C(O)c1cc(S(=O)(=O)NC2CCOCC2)cc(F)c1Cl. The minimum Gasteiger partial charge on any atom is -0.478 e. The minimum absolute atomic E-state index is 0.323. The zero-order valence-corrected chi connectivity index (χ0v) is 12.4. The first-order valence-electron chi connectivity index (χ1n) is 6.13. The maximum absolute atomic E-state index is 13.6. The van der Waals surface area contributed by atoms with E-state index in [0.717, 1.165) is 6.07 Å². The molecule has 0 spiro atoms. The average Bonchev–Trinajstić information content (AvgIpc) is 2.41. The van der Waals surface area contributed by atoms with Crippen LogP contribution < -0.4 is 4.72 Å². The molecule has 0 amide bonds. The first-order chi connectivity index (χ1) is 9.81. The van der Waals surface area contributed by atoms with E-state index in [1.165, 1.54) is 0 Å². The third-order valence-electron chi connectivity index (χ3n) is 3.09. The predicted octanol–water partition coefficient (Wildman–Crippen LogP) is 1.63. The molecule has 0 saturated carbocycles. The van der Waals surface area contributed by atoms with Crippen LogP contribution in [0.1, 0.15) is 23.2 Å². The van der Waals surface area contributed by atoms with Crippen molar-refractivity contribution in [2.45, 2.75) is 23.8 Å². The molecule has 0 radical (unpaired) electrons.